The molecule has 4 aromatic rings. The molecule has 5 rings (SSSR count). The number of Topliss-reactive ketones (excluding diaryl/α,β-unsaturated/α-hetero) is 1. The van der Waals surface area contributed by atoms with Crippen LogP contribution in [0.3, 0.4) is 0 Å². The van der Waals surface area contributed by atoms with Gasteiger partial charge in [0.1, 0.15) is 17.3 Å². The second kappa shape index (κ2) is 14.6. The van der Waals surface area contributed by atoms with Crippen LogP contribution in [0.4, 0.5) is 9.52 Å². The summed E-state index contributed by atoms with van der Waals surface area (Å²) in [7, 11) is 4.38. The molecule has 0 unspecified atom stereocenters. The molecule has 1 aliphatic heterocycles. The van der Waals surface area contributed by atoms with Crippen molar-refractivity contribution in [3.05, 3.63) is 88.7 Å². The van der Waals surface area contributed by atoms with Crippen LogP contribution >= 0.6 is 23.1 Å². The van der Waals surface area contributed by atoms with Crippen molar-refractivity contribution >= 4 is 45.7 Å². The van der Waals surface area contributed by atoms with E-state index < -0.39 is 17.7 Å². The van der Waals surface area contributed by atoms with Gasteiger partial charge < -0.3 is 24.1 Å². The van der Waals surface area contributed by atoms with E-state index in [4.69, 9.17) is 18.9 Å². The number of aliphatic hydroxyl groups excluding tert-OH is 1. The first-order valence-electron chi connectivity index (χ1n) is 14.3. The number of anilines is 1. The van der Waals surface area contributed by atoms with Crippen molar-refractivity contribution in [2.45, 2.75) is 35.9 Å². The van der Waals surface area contributed by atoms with Crippen molar-refractivity contribution in [3.63, 3.8) is 0 Å². The molecule has 0 bridgehead atoms. The summed E-state index contributed by atoms with van der Waals surface area (Å²) in [6.07, 6.45) is 1.89. The Morgan fingerprint density at radius 1 is 0.978 bits per heavy atom. The number of aromatic nitrogens is 2. The molecule has 13 heteroatoms. The second-order valence-corrected chi connectivity index (χ2v) is 12.3. The summed E-state index contributed by atoms with van der Waals surface area (Å²) in [5, 5.41) is 20.2. The van der Waals surface area contributed by atoms with Crippen LogP contribution in [-0.2, 0) is 15.3 Å². The lowest BCUT2D eigenvalue weighted by molar-refractivity contribution is -0.132. The minimum absolute atomic E-state index is 0.144. The van der Waals surface area contributed by atoms with Gasteiger partial charge >= 0.3 is 5.91 Å². The van der Waals surface area contributed by atoms with Gasteiger partial charge in [0.2, 0.25) is 10.9 Å². The number of benzene rings is 3. The van der Waals surface area contributed by atoms with E-state index in [-0.39, 0.29) is 22.3 Å². The Morgan fingerprint density at radius 3 is 2.26 bits per heavy atom. The Hall–Kier alpha value is -4.62. The molecule has 240 valence electrons. The number of rotatable bonds is 13. The third-order valence-corrected chi connectivity index (χ3v) is 9.35. The van der Waals surface area contributed by atoms with E-state index in [1.165, 1.54) is 50.1 Å². The lowest BCUT2D eigenvalue weighted by Gasteiger charge is -2.24. The summed E-state index contributed by atoms with van der Waals surface area (Å²) in [6.45, 7) is 2.62. The largest absolute Gasteiger partial charge is 0.507 e. The van der Waals surface area contributed by atoms with Crippen LogP contribution in [0.2, 0.25) is 0 Å². The first kappa shape index (κ1) is 32.8. The van der Waals surface area contributed by atoms with Crippen LogP contribution in [0, 0.1) is 5.82 Å². The maximum atomic E-state index is 13.7. The highest BCUT2D eigenvalue weighted by atomic mass is 32.2. The van der Waals surface area contributed by atoms with Gasteiger partial charge in [0, 0.05) is 11.3 Å². The molecule has 46 heavy (non-hydrogen) atoms. The summed E-state index contributed by atoms with van der Waals surface area (Å²) in [5.74, 6) is -0.456. The highest BCUT2D eigenvalue weighted by Crippen LogP contribution is 2.48. The van der Waals surface area contributed by atoms with Crippen molar-refractivity contribution in [2.24, 2.45) is 0 Å². The minimum atomic E-state index is -1.11. The number of amides is 1. The van der Waals surface area contributed by atoms with Crippen LogP contribution < -0.4 is 23.8 Å². The van der Waals surface area contributed by atoms with E-state index in [0.29, 0.717) is 50.8 Å². The summed E-state index contributed by atoms with van der Waals surface area (Å²) in [6, 6.07) is 14.9. The molecule has 3 aromatic carbocycles. The number of carbonyl (C=O) groups excluding carboxylic acids is 2. The summed E-state index contributed by atoms with van der Waals surface area (Å²) < 4.78 is 36.2. The van der Waals surface area contributed by atoms with Crippen LogP contribution in [0.15, 0.2) is 70.6 Å². The lowest BCUT2D eigenvalue weighted by atomic mass is 9.94. The van der Waals surface area contributed by atoms with Crippen LogP contribution in [0.1, 0.15) is 42.5 Å². The van der Waals surface area contributed by atoms with Gasteiger partial charge in [-0.25, -0.2) is 4.39 Å². The van der Waals surface area contributed by atoms with Gasteiger partial charge in [0.05, 0.1) is 39.6 Å². The van der Waals surface area contributed by atoms with Gasteiger partial charge in [0.15, 0.2) is 15.8 Å². The predicted molar refractivity (Wildman–Crippen MR) is 174 cm³/mol. The normalized spacial score (nSPS) is 15.7. The van der Waals surface area contributed by atoms with Crippen molar-refractivity contribution in [2.75, 3.05) is 32.8 Å². The Labute approximate surface area is 273 Å². The molecule has 1 aromatic heterocycles. The number of unbranched alkanes of at least 4 members (excludes halogenated alkanes) is 1. The molecular formula is C33H32FN3O7S2. The Bertz CT molecular complexity index is 1720. The molecule has 0 spiro atoms. The van der Waals surface area contributed by atoms with Crippen LogP contribution in [0.25, 0.3) is 5.76 Å². The first-order chi connectivity index (χ1) is 22.3. The highest BCUT2D eigenvalue weighted by Gasteiger charge is 2.49. The molecule has 10 nitrogen and oxygen atoms in total. The molecule has 0 radical (unpaired) electrons. The predicted octanol–water partition coefficient (Wildman–Crippen LogP) is 6.80. The number of ketones is 1. The monoisotopic (exact) mass is 665 g/mol. The fourth-order valence-corrected chi connectivity index (χ4v) is 6.71. The number of hydrogen-bond donors (Lipinski definition) is 1. The summed E-state index contributed by atoms with van der Waals surface area (Å²) >= 11 is 2.47. The Morgan fingerprint density at radius 2 is 1.65 bits per heavy atom. The standard InChI is InChI=1S/C33H32FN3O7S2/c1-5-6-15-44-23-13-9-20(10-14-23)28(38)26-27(21-16-24(41-2)30(43-4)25(17-21)42-3)37(31(40)29(26)39)32-35-36-33(46-32)45-18-19-7-11-22(34)12-8-19/h7-14,16-17,27,38H,5-6,15,18H2,1-4H3/t27-/m1/s1. The van der Waals surface area contributed by atoms with Gasteiger partial charge in [0.25, 0.3) is 5.78 Å². The zero-order valence-corrected chi connectivity index (χ0v) is 27.2. The van der Waals surface area contributed by atoms with Gasteiger partial charge in [-0.3, -0.25) is 14.5 Å². The minimum Gasteiger partial charge on any atom is -0.507 e. The van der Waals surface area contributed by atoms with E-state index in [1.54, 1.807) is 48.5 Å². The molecule has 1 amide bonds. The van der Waals surface area contributed by atoms with Gasteiger partial charge in [-0.2, -0.15) is 0 Å². The average molecular weight is 666 g/mol. The lowest BCUT2D eigenvalue weighted by Crippen LogP contribution is -2.29. The topological polar surface area (TPSA) is 120 Å². The van der Waals surface area contributed by atoms with Gasteiger partial charge in [-0.1, -0.05) is 48.6 Å². The smallest absolute Gasteiger partial charge is 0.301 e. The van der Waals surface area contributed by atoms with E-state index >= 15 is 0 Å². The van der Waals surface area contributed by atoms with Crippen molar-refractivity contribution in [3.8, 4) is 23.0 Å². The Balaban J connectivity index is 1.57. The molecule has 2 heterocycles. The van der Waals surface area contributed by atoms with E-state index in [1.807, 2.05) is 0 Å². The molecule has 1 N–H and O–H groups in total. The fraction of sp³-hybridized carbons (Fsp3) is 0.273. The molecule has 0 saturated carbocycles. The van der Waals surface area contributed by atoms with Crippen molar-refractivity contribution in [1.29, 1.82) is 0 Å². The van der Waals surface area contributed by atoms with E-state index in [0.717, 1.165) is 29.7 Å². The molecular weight excluding hydrogens is 634 g/mol. The zero-order valence-electron chi connectivity index (χ0n) is 25.6. The number of nitrogens with zero attached hydrogens (tertiary/aromatic N) is 3. The summed E-state index contributed by atoms with van der Waals surface area (Å²) in [5.41, 5.74) is 1.47. The van der Waals surface area contributed by atoms with Crippen molar-refractivity contribution in [1.82, 2.24) is 10.2 Å². The van der Waals surface area contributed by atoms with Crippen molar-refractivity contribution < 1.29 is 38.0 Å². The SMILES string of the molecule is CCCCOc1ccc(C(O)=C2C(=O)C(=O)N(c3nnc(SCc4ccc(F)cc4)s3)[C@@H]2c2cc(OC)c(OC)c(OC)c2)cc1. The van der Waals surface area contributed by atoms with Gasteiger partial charge in [-0.05, 0) is 66.1 Å². The number of methoxy groups -OCH3 is 3. The summed E-state index contributed by atoms with van der Waals surface area (Å²) in [4.78, 5) is 28.6. The number of aliphatic hydroxyl groups is 1. The molecule has 0 aliphatic carbocycles. The third kappa shape index (κ3) is 6.80. The number of ether oxygens (including phenoxy) is 4. The number of halogens is 1. The highest BCUT2D eigenvalue weighted by molar-refractivity contribution is 8.00. The number of thioether (sulfide) groups is 1. The Kier molecular flexibility index (Phi) is 10.4. The maximum absolute atomic E-state index is 13.7. The molecule has 1 saturated heterocycles. The third-order valence-electron chi connectivity index (χ3n) is 7.22. The maximum Gasteiger partial charge on any atom is 0.301 e. The van der Waals surface area contributed by atoms with Crippen LogP contribution in [-0.4, -0.2) is 54.9 Å². The fourth-order valence-electron chi connectivity index (χ4n) is 4.89. The average Bonchev–Trinajstić information content (AvgIpc) is 3.65. The quantitative estimate of drug-likeness (QED) is 0.0408. The number of hydrogen-bond acceptors (Lipinski definition) is 11. The van der Waals surface area contributed by atoms with Crippen LogP contribution in [0.5, 0.6) is 23.0 Å². The number of carbonyl (C=O) groups is 2. The second-order valence-electron chi connectivity index (χ2n) is 10.1. The van der Waals surface area contributed by atoms with E-state index in [2.05, 4.69) is 17.1 Å². The molecule has 1 atom stereocenters. The molecule has 1 fully saturated rings. The molecule has 1 aliphatic rings. The van der Waals surface area contributed by atoms with Gasteiger partial charge in [-0.15, -0.1) is 10.2 Å². The first-order valence-corrected chi connectivity index (χ1v) is 16.1. The zero-order chi connectivity index (χ0) is 32.8. The van der Waals surface area contributed by atoms with E-state index in [9.17, 15) is 19.1 Å².